The number of hydrogen-bond acceptors (Lipinski definition) is 9. The summed E-state index contributed by atoms with van der Waals surface area (Å²) in [4.78, 5) is 52.1. The summed E-state index contributed by atoms with van der Waals surface area (Å²) in [5.41, 5.74) is 1.45. The van der Waals surface area contributed by atoms with E-state index in [-0.39, 0.29) is 45.7 Å². The summed E-state index contributed by atoms with van der Waals surface area (Å²) in [5, 5.41) is 14.7. The average molecular weight is 600 g/mol. The van der Waals surface area contributed by atoms with E-state index in [2.05, 4.69) is 10.2 Å². The molecule has 42 heavy (non-hydrogen) atoms. The number of carbonyl (C=O) groups excluding carboxylic acids is 3. The van der Waals surface area contributed by atoms with Crippen molar-refractivity contribution in [2.45, 2.75) is 32.6 Å². The van der Waals surface area contributed by atoms with Gasteiger partial charge in [0.1, 0.15) is 12.4 Å². The van der Waals surface area contributed by atoms with E-state index in [9.17, 15) is 28.9 Å². The maximum absolute atomic E-state index is 13.5. The molecular formula is C30H31ClFN3O7. The molecular weight excluding hydrogens is 569 g/mol. The van der Waals surface area contributed by atoms with E-state index in [4.69, 9.17) is 21.1 Å². The normalized spacial score (nSPS) is 18.0. The minimum absolute atomic E-state index is 0.0103. The van der Waals surface area contributed by atoms with Crippen LogP contribution in [0.3, 0.4) is 0 Å². The monoisotopic (exact) mass is 599 g/mol. The standard InChI is InChI=1S/C30H31ClFN3O7/c1-17-25(29(37)41-3)27(23-16-22(35(39)40)8-9-24(23)31)26(18(2)33-17)30(38)42-15-14-34-12-10-20(11-13-34)28(36)19-4-6-21(32)7-5-19/h4-9,16,20,27,33H,10-15H2,1-3H3. The molecule has 0 spiro atoms. The minimum atomic E-state index is -1.06. The zero-order chi connectivity index (χ0) is 30.6. The Morgan fingerprint density at radius 3 is 2.26 bits per heavy atom. The van der Waals surface area contributed by atoms with E-state index in [1.54, 1.807) is 13.8 Å². The second-order valence-electron chi connectivity index (χ2n) is 10.2. The number of benzene rings is 2. The number of non-ortho nitro benzene ring substituents is 1. The second kappa shape index (κ2) is 13.3. The first kappa shape index (κ1) is 30.9. The molecule has 0 aromatic heterocycles. The molecule has 1 saturated heterocycles. The van der Waals surface area contributed by atoms with Gasteiger partial charge in [0.05, 0.1) is 29.1 Å². The number of esters is 2. The third kappa shape index (κ3) is 6.69. The zero-order valence-corrected chi connectivity index (χ0v) is 24.2. The lowest BCUT2D eigenvalue weighted by atomic mass is 9.80. The number of Topliss-reactive ketones (excluding diaryl/α,β-unsaturated/α-hetero) is 1. The van der Waals surface area contributed by atoms with Crippen LogP contribution < -0.4 is 5.32 Å². The van der Waals surface area contributed by atoms with E-state index >= 15 is 0 Å². The fraction of sp³-hybridized carbons (Fsp3) is 0.367. The Labute approximate surface area is 247 Å². The summed E-state index contributed by atoms with van der Waals surface area (Å²) in [5.74, 6) is -3.05. The highest BCUT2D eigenvalue weighted by Crippen LogP contribution is 2.43. The van der Waals surface area contributed by atoms with E-state index in [1.807, 2.05) is 0 Å². The molecule has 4 rings (SSSR count). The second-order valence-corrected chi connectivity index (χ2v) is 10.6. The molecule has 222 valence electrons. The summed E-state index contributed by atoms with van der Waals surface area (Å²) in [6, 6.07) is 9.38. The van der Waals surface area contributed by atoms with Gasteiger partial charge in [0, 0.05) is 46.6 Å². The van der Waals surface area contributed by atoms with Crippen LogP contribution in [0.15, 0.2) is 65.0 Å². The van der Waals surface area contributed by atoms with Crippen LogP contribution in [0.5, 0.6) is 0 Å². The van der Waals surface area contributed by atoms with Crippen LogP contribution in [0, 0.1) is 21.8 Å². The molecule has 2 aromatic rings. The van der Waals surface area contributed by atoms with Gasteiger partial charge in [0.15, 0.2) is 5.78 Å². The number of nitrogens with one attached hydrogen (secondary N) is 1. The van der Waals surface area contributed by atoms with Crippen LogP contribution in [0.25, 0.3) is 0 Å². The van der Waals surface area contributed by atoms with Gasteiger partial charge in [-0.3, -0.25) is 19.8 Å². The Morgan fingerprint density at radius 1 is 1.05 bits per heavy atom. The van der Waals surface area contributed by atoms with E-state index < -0.39 is 28.6 Å². The molecule has 1 unspecified atom stereocenters. The first-order valence-electron chi connectivity index (χ1n) is 13.4. The van der Waals surface area contributed by atoms with Gasteiger partial charge in [-0.15, -0.1) is 0 Å². The molecule has 2 heterocycles. The number of piperidine rings is 1. The van der Waals surface area contributed by atoms with Gasteiger partial charge < -0.3 is 14.8 Å². The Morgan fingerprint density at radius 2 is 1.67 bits per heavy atom. The van der Waals surface area contributed by atoms with Gasteiger partial charge in [0.25, 0.3) is 5.69 Å². The number of nitro benzene ring substituents is 1. The largest absolute Gasteiger partial charge is 0.466 e. The number of nitro groups is 1. The van der Waals surface area contributed by atoms with Crippen LogP contribution in [0.4, 0.5) is 10.1 Å². The predicted molar refractivity (Wildman–Crippen MR) is 152 cm³/mol. The minimum Gasteiger partial charge on any atom is -0.466 e. The summed E-state index contributed by atoms with van der Waals surface area (Å²) in [6.07, 6.45) is 1.25. The van der Waals surface area contributed by atoms with Crippen molar-refractivity contribution in [3.05, 3.63) is 97.1 Å². The smallest absolute Gasteiger partial charge is 0.336 e. The lowest BCUT2D eigenvalue weighted by Gasteiger charge is -2.32. The number of ketones is 1. The summed E-state index contributed by atoms with van der Waals surface area (Å²) >= 11 is 6.46. The van der Waals surface area contributed by atoms with Crippen molar-refractivity contribution < 1.29 is 33.2 Å². The van der Waals surface area contributed by atoms with Crippen LogP contribution in [-0.2, 0) is 19.1 Å². The van der Waals surface area contributed by atoms with Crippen molar-refractivity contribution in [2.24, 2.45) is 5.92 Å². The molecule has 2 aliphatic heterocycles. The van der Waals surface area contributed by atoms with Crippen molar-refractivity contribution in [3.8, 4) is 0 Å². The molecule has 1 fully saturated rings. The predicted octanol–water partition coefficient (Wildman–Crippen LogP) is 4.93. The highest BCUT2D eigenvalue weighted by atomic mass is 35.5. The fourth-order valence-electron chi connectivity index (χ4n) is 5.44. The number of dihydropyridines is 1. The number of likely N-dealkylation sites (tertiary alicyclic amines) is 1. The molecule has 2 aromatic carbocycles. The van der Waals surface area contributed by atoms with Gasteiger partial charge in [0.2, 0.25) is 0 Å². The quantitative estimate of drug-likeness (QED) is 0.185. The van der Waals surface area contributed by atoms with Gasteiger partial charge in [-0.1, -0.05) is 11.6 Å². The van der Waals surface area contributed by atoms with E-state index in [0.29, 0.717) is 49.4 Å². The maximum atomic E-state index is 13.5. The molecule has 0 radical (unpaired) electrons. The number of rotatable bonds is 9. The Hall–Kier alpha value is -4.09. The van der Waals surface area contributed by atoms with Crippen LogP contribution >= 0.6 is 11.6 Å². The van der Waals surface area contributed by atoms with Crippen LogP contribution in [0.2, 0.25) is 5.02 Å². The molecule has 10 nitrogen and oxygen atoms in total. The number of carbonyl (C=O) groups is 3. The fourth-order valence-corrected chi connectivity index (χ4v) is 5.66. The third-order valence-electron chi connectivity index (χ3n) is 7.61. The van der Waals surface area contributed by atoms with Crippen molar-refractivity contribution in [1.82, 2.24) is 10.2 Å². The highest BCUT2D eigenvalue weighted by Gasteiger charge is 2.39. The maximum Gasteiger partial charge on any atom is 0.336 e. The molecule has 1 N–H and O–H groups in total. The highest BCUT2D eigenvalue weighted by molar-refractivity contribution is 6.31. The number of nitrogens with zero attached hydrogens (tertiary/aromatic N) is 2. The SMILES string of the molecule is COC(=O)C1=C(C)NC(C)=C(C(=O)OCCN2CCC(C(=O)c3ccc(F)cc3)CC2)C1c1cc([N+](=O)[O-])ccc1Cl. The lowest BCUT2D eigenvalue weighted by molar-refractivity contribution is -0.384. The first-order valence-corrected chi connectivity index (χ1v) is 13.8. The summed E-state index contributed by atoms with van der Waals surface area (Å²) < 4.78 is 23.8. The molecule has 0 aliphatic carbocycles. The summed E-state index contributed by atoms with van der Waals surface area (Å²) in [6.45, 7) is 5.00. The Balaban J connectivity index is 1.45. The lowest BCUT2D eigenvalue weighted by Crippen LogP contribution is -2.39. The molecule has 0 amide bonds. The van der Waals surface area contributed by atoms with Crippen molar-refractivity contribution >= 4 is 35.0 Å². The van der Waals surface area contributed by atoms with Gasteiger partial charge in [-0.25, -0.2) is 14.0 Å². The molecule has 2 aliphatic rings. The Bertz CT molecular complexity index is 1460. The first-order chi connectivity index (χ1) is 20.0. The average Bonchev–Trinajstić information content (AvgIpc) is 2.97. The van der Waals surface area contributed by atoms with Crippen molar-refractivity contribution in [3.63, 3.8) is 0 Å². The third-order valence-corrected chi connectivity index (χ3v) is 7.96. The van der Waals surface area contributed by atoms with E-state index in [1.165, 1.54) is 49.6 Å². The number of allylic oxidation sites excluding steroid dienone is 2. The van der Waals surface area contributed by atoms with Crippen LogP contribution in [-0.4, -0.2) is 60.9 Å². The van der Waals surface area contributed by atoms with Crippen molar-refractivity contribution in [2.75, 3.05) is 33.4 Å². The van der Waals surface area contributed by atoms with Gasteiger partial charge in [-0.2, -0.15) is 0 Å². The topological polar surface area (TPSA) is 128 Å². The van der Waals surface area contributed by atoms with Gasteiger partial charge in [-0.05, 0) is 75.7 Å². The van der Waals surface area contributed by atoms with Gasteiger partial charge >= 0.3 is 11.9 Å². The zero-order valence-electron chi connectivity index (χ0n) is 23.4. The number of ether oxygens (including phenoxy) is 2. The number of hydrogen-bond donors (Lipinski definition) is 1. The van der Waals surface area contributed by atoms with E-state index in [0.717, 1.165) is 0 Å². The summed E-state index contributed by atoms with van der Waals surface area (Å²) in [7, 11) is 1.20. The number of halogens is 2. The molecule has 0 saturated carbocycles. The number of methoxy groups -OCH3 is 1. The Kier molecular flexibility index (Phi) is 9.74. The van der Waals surface area contributed by atoms with Crippen molar-refractivity contribution in [1.29, 1.82) is 0 Å². The molecule has 1 atom stereocenters. The molecule has 0 bridgehead atoms. The molecule has 12 heteroatoms. The van der Waals surface area contributed by atoms with Crippen LogP contribution in [0.1, 0.15) is 48.5 Å².